The lowest BCUT2D eigenvalue weighted by Crippen LogP contribution is -2.14. The predicted octanol–water partition coefficient (Wildman–Crippen LogP) is 3.93. The number of para-hydroxylation sites is 1. The second-order valence-electron chi connectivity index (χ2n) is 5.49. The zero-order chi connectivity index (χ0) is 17.1. The molecule has 1 N–H and O–H groups in total. The van der Waals surface area contributed by atoms with Crippen molar-refractivity contribution in [1.29, 1.82) is 0 Å². The van der Waals surface area contributed by atoms with Gasteiger partial charge in [0.15, 0.2) is 5.13 Å². The number of pyridine rings is 2. The summed E-state index contributed by atoms with van der Waals surface area (Å²) in [7, 11) is 0. The van der Waals surface area contributed by atoms with E-state index in [4.69, 9.17) is 4.98 Å². The van der Waals surface area contributed by atoms with Gasteiger partial charge in [-0.3, -0.25) is 9.78 Å². The summed E-state index contributed by atoms with van der Waals surface area (Å²) in [6.45, 7) is 0. The van der Waals surface area contributed by atoms with Crippen LogP contribution in [0.4, 0.5) is 5.13 Å². The van der Waals surface area contributed by atoms with Crippen molar-refractivity contribution >= 4 is 33.3 Å². The zero-order valence-corrected chi connectivity index (χ0v) is 14.0. The molecule has 0 fully saturated rings. The number of carbonyl (C=O) groups is 1. The molecule has 0 unspecified atom stereocenters. The lowest BCUT2D eigenvalue weighted by atomic mass is 10.0. The lowest BCUT2D eigenvalue weighted by molar-refractivity contribution is -0.115. The number of fused-ring (bicyclic) bond motifs is 1. The van der Waals surface area contributed by atoms with Gasteiger partial charge in [0.05, 0.1) is 17.6 Å². The molecule has 0 saturated heterocycles. The van der Waals surface area contributed by atoms with Gasteiger partial charge in [0, 0.05) is 34.9 Å². The van der Waals surface area contributed by atoms with Gasteiger partial charge in [0.25, 0.3) is 0 Å². The Labute approximate surface area is 148 Å². The Kier molecular flexibility index (Phi) is 4.18. The second kappa shape index (κ2) is 6.78. The maximum Gasteiger partial charge on any atom is 0.230 e. The summed E-state index contributed by atoms with van der Waals surface area (Å²) in [6, 6.07) is 13.7. The van der Waals surface area contributed by atoms with Crippen molar-refractivity contribution < 1.29 is 4.79 Å². The van der Waals surface area contributed by atoms with Crippen molar-refractivity contribution in [1.82, 2.24) is 15.0 Å². The topological polar surface area (TPSA) is 67.8 Å². The minimum atomic E-state index is -0.101. The Hall–Kier alpha value is -3.12. The molecular weight excluding hydrogens is 332 g/mol. The molecule has 0 bridgehead atoms. The summed E-state index contributed by atoms with van der Waals surface area (Å²) in [6.07, 6.45) is 5.44. The van der Waals surface area contributed by atoms with Gasteiger partial charge in [0.1, 0.15) is 0 Å². The molecule has 0 aliphatic heterocycles. The Morgan fingerprint density at radius 2 is 2.04 bits per heavy atom. The van der Waals surface area contributed by atoms with Crippen LogP contribution in [-0.2, 0) is 11.2 Å². The van der Waals surface area contributed by atoms with Crippen molar-refractivity contribution in [3.63, 3.8) is 0 Å². The van der Waals surface area contributed by atoms with E-state index in [0.717, 1.165) is 27.7 Å². The van der Waals surface area contributed by atoms with Crippen LogP contribution >= 0.6 is 11.3 Å². The average Bonchev–Trinajstić information content (AvgIpc) is 3.15. The number of rotatable bonds is 4. The number of carbonyl (C=O) groups excluding carboxylic acids is 1. The maximum atomic E-state index is 12.3. The number of benzene rings is 1. The van der Waals surface area contributed by atoms with Gasteiger partial charge in [-0.05, 0) is 23.8 Å². The van der Waals surface area contributed by atoms with Gasteiger partial charge >= 0.3 is 0 Å². The quantitative estimate of drug-likeness (QED) is 0.608. The number of thiazole rings is 1. The average molecular weight is 346 g/mol. The normalized spacial score (nSPS) is 10.7. The van der Waals surface area contributed by atoms with E-state index >= 15 is 0 Å². The molecule has 0 spiro atoms. The van der Waals surface area contributed by atoms with Crippen LogP contribution in [0.15, 0.2) is 66.4 Å². The van der Waals surface area contributed by atoms with Crippen molar-refractivity contribution in [2.75, 3.05) is 5.32 Å². The Morgan fingerprint density at radius 1 is 1.08 bits per heavy atom. The van der Waals surface area contributed by atoms with Crippen LogP contribution < -0.4 is 5.32 Å². The molecule has 25 heavy (non-hydrogen) atoms. The summed E-state index contributed by atoms with van der Waals surface area (Å²) in [5.74, 6) is -0.101. The molecule has 5 nitrogen and oxygen atoms in total. The molecule has 0 radical (unpaired) electrons. The first-order chi connectivity index (χ1) is 12.3. The lowest BCUT2D eigenvalue weighted by Gasteiger charge is -2.08. The highest BCUT2D eigenvalue weighted by Gasteiger charge is 2.10. The van der Waals surface area contributed by atoms with Crippen LogP contribution in [0.3, 0.4) is 0 Å². The van der Waals surface area contributed by atoms with Crippen molar-refractivity contribution in [2.24, 2.45) is 0 Å². The van der Waals surface area contributed by atoms with E-state index in [1.807, 2.05) is 47.8 Å². The number of nitrogens with zero attached hydrogens (tertiary/aromatic N) is 3. The number of anilines is 1. The van der Waals surface area contributed by atoms with E-state index in [0.29, 0.717) is 5.13 Å². The number of amides is 1. The second-order valence-corrected chi connectivity index (χ2v) is 6.38. The summed E-state index contributed by atoms with van der Waals surface area (Å²) in [4.78, 5) is 25.3. The molecule has 0 saturated carbocycles. The third-order valence-corrected chi connectivity index (χ3v) is 4.48. The van der Waals surface area contributed by atoms with E-state index in [2.05, 4.69) is 15.3 Å². The first-order valence-electron chi connectivity index (χ1n) is 7.78. The molecular formula is C19H14N4OS. The summed E-state index contributed by atoms with van der Waals surface area (Å²) >= 11 is 1.40. The van der Waals surface area contributed by atoms with Crippen LogP contribution in [0.25, 0.3) is 22.2 Å². The Bertz CT molecular complexity index is 1020. The summed E-state index contributed by atoms with van der Waals surface area (Å²) in [5, 5.41) is 6.25. The van der Waals surface area contributed by atoms with Crippen LogP contribution in [-0.4, -0.2) is 20.9 Å². The van der Waals surface area contributed by atoms with Gasteiger partial charge < -0.3 is 5.32 Å². The fourth-order valence-corrected chi connectivity index (χ4v) is 3.19. The van der Waals surface area contributed by atoms with Gasteiger partial charge in [-0.15, -0.1) is 11.3 Å². The van der Waals surface area contributed by atoms with Crippen LogP contribution in [0.1, 0.15) is 5.56 Å². The van der Waals surface area contributed by atoms with Gasteiger partial charge in [0.2, 0.25) is 5.91 Å². The van der Waals surface area contributed by atoms with E-state index in [-0.39, 0.29) is 12.3 Å². The maximum absolute atomic E-state index is 12.3. The van der Waals surface area contributed by atoms with Crippen molar-refractivity contribution in [2.45, 2.75) is 6.42 Å². The van der Waals surface area contributed by atoms with Gasteiger partial charge in [-0.1, -0.05) is 24.3 Å². The fourth-order valence-electron chi connectivity index (χ4n) is 2.65. The monoisotopic (exact) mass is 346 g/mol. The summed E-state index contributed by atoms with van der Waals surface area (Å²) in [5.41, 5.74) is 3.51. The van der Waals surface area contributed by atoms with Crippen LogP contribution in [0.2, 0.25) is 0 Å². The smallest absolute Gasteiger partial charge is 0.230 e. The first-order valence-corrected chi connectivity index (χ1v) is 8.66. The molecule has 1 aromatic carbocycles. The Balaban J connectivity index is 1.67. The Morgan fingerprint density at radius 3 is 2.84 bits per heavy atom. The summed E-state index contributed by atoms with van der Waals surface area (Å²) < 4.78 is 0. The van der Waals surface area contributed by atoms with E-state index in [9.17, 15) is 4.79 Å². The van der Waals surface area contributed by atoms with Crippen molar-refractivity contribution in [3.8, 4) is 11.3 Å². The van der Waals surface area contributed by atoms with Crippen LogP contribution in [0, 0.1) is 0 Å². The van der Waals surface area contributed by atoms with Gasteiger partial charge in [-0.2, -0.15) is 0 Å². The third-order valence-electron chi connectivity index (χ3n) is 3.79. The molecule has 3 aromatic heterocycles. The van der Waals surface area contributed by atoms with E-state index < -0.39 is 0 Å². The fraction of sp³-hybridized carbons (Fsp3) is 0.0526. The highest BCUT2D eigenvalue weighted by molar-refractivity contribution is 7.13. The number of nitrogens with one attached hydrogen (secondary N) is 1. The molecule has 4 aromatic rings. The molecule has 1 amide bonds. The zero-order valence-electron chi connectivity index (χ0n) is 13.2. The van der Waals surface area contributed by atoms with E-state index in [1.54, 1.807) is 18.6 Å². The SMILES string of the molecule is O=C(Cc1cccc2ccc(-c3cccnc3)nc12)Nc1nccs1. The molecule has 0 atom stereocenters. The standard InChI is InChI=1S/C19H14N4OS/c24-17(23-19-21-9-10-25-19)11-14-4-1-3-13-6-7-16(22-18(13)14)15-5-2-8-20-12-15/h1-10,12H,11H2,(H,21,23,24). The molecule has 4 rings (SSSR count). The number of aromatic nitrogens is 3. The largest absolute Gasteiger partial charge is 0.302 e. The number of hydrogen-bond acceptors (Lipinski definition) is 5. The minimum Gasteiger partial charge on any atom is -0.302 e. The highest BCUT2D eigenvalue weighted by atomic mass is 32.1. The highest BCUT2D eigenvalue weighted by Crippen LogP contribution is 2.23. The predicted molar refractivity (Wildman–Crippen MR) is 99.4 cm³/mol. The van der Waals surface area contributed by atoms with Crippen LogP contribution in [0.5, 0.6) is 0 Å². The van der Waals surface area contributed by atoms with E-state index in [1.165, 1.54) is 11.3 Å². The molecule has 122 valence electrons. The number of hydrogen-bond donors (Lipinski definition) is 1. The molecule has 3 heterocycles. The van der Waals surface area contributed by atoms with Crippen molar-refractivity contribution in [3.05, 3.63) is 72.0 Å². The third kappa shape index (κ3) is 3.39. The molecule has 0 aliphatic rings. The molecule has 0 aliphatic carbocycles. The first kappa shape index (κ1) is 15.4. The minimum absolute atomic E-state index is 0.101. The molecule has 6 heteroatoms. The van der Waals surface area contributed by atoms with Gasteiger partial charge in [-0.25, -0.2) is 9.97 Å².